The highest BCUT2D eigenvalue weighted by Crippen LogP contribution is 2.38. The first-order valence-electron chi connectivity index (χ1n) is 7.34. The van der Waals surface area contributed by atoms with Crippen molar-refractivity contribution in [2.24, 2.45) is 5.73 Å². The first-order valence-corrected chi connectivity index (χ1v) is 7.34. The van der Waals surface area contributed by atoms with Crippen LogP contribution in [0.3, 0.4) is 0 Å². The largest absolute Gasteiger partial charge is 0.493 e. The quantitative estimate of drug-likeness (QED) is 0.803. The average molecular weight is 278 g/mol. The lowest BCUT2D eigenvalue weighted by Gasteiger charge is -2.15. The van der Waals surface area contributed by atoms with Crippen molar-refractivity contribution in [3.8, 4) is 17.2 Å². The zero-order valence-corrected chi connectivity index (χ0v) is 11.8. The Kier molecular flexibility index (Phi) is 4.28. The maximum Gasteiger partial charge on any atom is 0.231 e. The van der Waals surface area contributed by atoms with Crippen molar-refractivity contribution in [2.45, 2.75) is 25.8 Å². The first kappa shape index (κ1) is 13.5. The van der Waals surface area contributed by atoms with Crippen molar-refractivity contribution >= 4 is 0 Å². The summed E-state index contributed by atoms with van der Waals surface area (Å²) in [7, 11) is 0. The molecule has 2 N–H and O–H groups in total. The van der Waals surface area contributed by atoms with Crippen LogP contribution in [0.5, 0.6) is 17.2 Å². The van der Waals surface area contributed by atoms with E-state index in [1.807, 2.05) is 12.1 Å². The topological polar surface area (TPSA) is 57.0 Å². The molecule has 0 unspecified atom stereocenters. The molecule has 2 aliphatic rings. The van der Waals surface area contributed by atoms with Gasteiger partial charge in [0.05, 0.1) is 6.61 Å². The van der Waals surface area contributed by atoms with Gasteiger partial charge in [0.15, 0.2) is 11.5 Å². The third kappa shape index (κ3) is 2.99. The van der Waals surface area contributed by atoms with Gasteiger partial charge in [0.2, 0.25) is 6.79 Å². The lowest BCUT2D eigenvalue weighted by Crippen LogP contribution is -2.22. The summed E-state index contributed by atoms with van der Waals surface area (Å²) in [6.07, 6.45) is 3.71. The van der Waals surface area contributed by atoms with Crippen LogP contribution in [0.1, 0.15) is 24.8 Å². The highest BCUT2D eigenvalue weighted by atomic mass is 16.7. The average Bonchev–Trinajstić information content (AvgIpc) is 3.13. The molecule has 20 heavy (non-hydrogen) atoms. The van der Waals surface area contributed by atoms with Gasteiger partial charge in [-0.1, -0.05) is 0 Å². The van der Waals surface area contributed by atoms with E-state index in [9.17, 15) is 0 Å². The SMILES string of the molecule is NCc1cc2c(cc1OCCCN1CCCC1)OCO2. The summed E-state index contributed by atoms with van der Waals surface area (Å²) in [6.45, 7) is 5.01. The van der Waals surface area contributed by atoms with Crippen LogP contribution in [0.2, 0.25) is 0 Å². The molecule has 110 valence electrons. The maximum absolute atomic E-state index is 5.87. The summed E-state index contributed by atoms with van der Waals surface area (Å²) in [5, 5.41) is 0. The van der Waals surface area contributed by atoms with Gasteiger partial charge in [-0.3, -0.25) is 0 Å². The normalized spacial score (nSPS) is 17.6. The van der Waals surface area contributed by atoms with Gasteiger partial charge in [-0.2, -0.15) is 0 Å². The van der Waals surface area contributed by atoms with Crippen LogP contribution in [0.25, 0.3) is 0 Å². The molecule has 0 spiro atoms. The molecule has 0 aliphatic carbocycles. The van der Waals surface area contributed by atoms with Crippen molar-refractivity contribution in [2.75, 3.05) is 33.0 Å². The molecule has 2 aliphatic heterocycles. The second kappa shape index (κ2) is 6.33. The number of ether oxygens (including phenoxy) is 3. The van der Waals surface area contributed by atoms with Crippen LogP contribution in [0, 0.1) is 0 Å². The fourth-order valence-corrected chi connectivity index (χ4v) is 2.74. The highest BCUT2D eigenvalue weighted by Gasteiger charge is 2.17. The number of likely N-dealkylation sites (tertiary alicyclic amines) is 1. The predicted molar refractivity (Wildman–Crippen MR) is 76.2 cm³/mol. The summed E-state index contributed by atoms with van der Waals surface area (Å²) in [6, 6.07) is 3.80. The van der Waals surface area contributed by atoms with Crippen LogP contribution in [0.15, 0.2) is 12.1 Å². The number of nitrogens with zero attached hydrogens (tertiary/aromatic N) is 1. The zero-order chi connectivity index (χ0) is 13.8. The maximum atomic E-state index is 5.87. The molecule has 0 aromatic heterocycles. The number of rotatable bonds is 6. The van der Waals surface area contributed by atoms with E-state index in [0.717, 1.165) is 35.8 Å². The summed E-state index contributed by atoms with van der Waals surface area (Å²) >= 11 is 0. The lowest BCUT2D eigenvalue weighted by atomic mass is 10.2. The zero-order valence-electron chi connectivity index (χ0n) is 11.8. The number of benzene rings is 1. The van der Waals surface area contributed by atoms with Crippen molar-refractivity contribution < 1.29 is 14.2 Å². The van der Waals surface area contributed by atoms with E-state index in [4.69, 9.17) is 19.9 Å². The number of hydrogen-bond donors (Lipinski definition) is 1. The van der Waals surface area contributed by atoms with Crippen LogP contribution < -0.4 is 19.9 Å². The van der Waals surface area contributed by atoms with Crippen molar-refractivity contribution in [1.29, 1.82) is 0 Å². The van der Waals surface area contributed by atoms with Gasteiger partial charge in [0.1, 0.15) is 5.75 Å². The van der Waals surface area contributed by atoms with E-state index in [1.165, 1.54) is 25.9 Å². The van der Waals surface area contributed by atoms with E-state index < -0.39 is 0 Å². The Morgan fingerprint density at radius 3 is 2.65 bits per heavy atom. The van der Waals surface area contributed by atoms with E-state index >= 15 is 0 Å². The van der Waals surface area contributed by atoms with Crippen LogP contribution in [0.4, 0.5) is 0 Å². The van der Waals surface area contributed by atoms with Gasteiger partial charge in [-0.15, -0.1) is 0 Å². The second-order valence-corrected chi connectivity index (χ2v) is 5.27. The molecule has 0 atom stereocenters. The Bertz CT molecular complexity index is 459. The Balaban J connectivity index is 1.53. The smallest absolute Gasteiger partial charge is 0.231 e. The van der Waals surface area contributed by atoms with Crippen molar-refractivity contribution in [3.05, 3.63) is 17.7 Å². The molecule has 3 rings (SSSR count). The minimum absolute atomic E-state index is 0.276. The fourth-order valence-electron chi connectivity index (χ4n) is 2.74. The summed E-state index contributed by atoms with van der Waals surface area (Å²) in [4.78, 5) is 2.49. The lowest BCUT2D eigenvalue weighted by molar-refractivity contribution is 0.173. The number of hydrogen-bond acceptors (Lipinski definition) is 5. The fraction of sp³-hybridized carbons (Fsp3) is 0.600. The summed E-state index contributed by atoms with van der Waals surface area (Å²) in [5.41, 5.74) is 6.73. The molecule has 1 saturated heterocycles. The molecule has 1 aromatic rings. The molecule has 1 fully saturated rings. The Morgan fingerprint density at radius 2 is 1.90 bits per heavy atom. The van der Waals surface area contributed by atoms with Gasteiger partial charge < -0.3 is 24.8 Å². The first-order chi connectivity index (χ1) is 9.86. The molecule has 2 heterocycles. The minimum Gasteiger partial charge on any atom is -0.493 e. The summed E-state index contributed by atoms with van der Waals surface area (Å²) < 4.78 is 16.6. The van der Waals surface area contributed by atoms with Gasteiger partial charge in [-0.25, -0.2) is 0 Å². The Morgan fingerprint density at radius 1 is 1.15 bits per heavy atom. The Labute approximate surface area is 119 Å². The molecule has 0 radical (unpaired) electrons. The van der Waals surface area contributed by atoms with Crippen molar-refractivity contribution in [1.82, 2.24) is 4.90 Å². The van der Waals surface area contributed by atoms with Gasteiger partial charge in [0, 0.05) is 24.7 Å². The number of fused-ring (bicyclic) bond motifs is 1. The predicted octanol–water partition coefficient (Wildman–Crippen LogP) is 1.74. The van der Waals surface area contributed by atoms with Crippen LogP contribution in [-0.2, 0) is 6.54 Å². The third-order valence-electron chi connectivity index (χ3n) is 3.85. The standard InChI is InChI=1S/C15H22N2O3/c16-10-12-8-14-15(20-11-19-14)9-13(12)18-7-3-6-17-4-1-2-5-17/h8-9H,1-7,10-11,16H2. The molecule has 0 bridgehead atoms. The minimum atomic E-state index is 0.276. The number of nitrogens with two attached hydrogens (primary N) is 1. The molecule has 5 nitrogen and oxygen atoms in total. The van der Waals surface area contributed by atoms with E-state index in [1.54, 1.807) is 0 Å². The van der Waals surface area contributed by atoms with E-state index in [2.05, 4.69) is 4.90 Å². The van der Waals surface area contributed by atoms with E-state index in [0.29, 0.717) is 13.2 Å². The molecular formula is C15H22N2O3. The van der Waals surface area contributed by atoms with E-state index in [-0.39, 0.29) is 6.79 Å². The van der Waals surface area contributed by atoms with Gasteiger partial charge >= 0.3 is 0 Å². The highest BCUT2D eigenvalue weighted by molar-refractivity contribution is 5.51. The molecule has 0 saturated carbocycles. The molecule has 5 heteroatoms. The van der Waals surface area contributed by atoms with Crippen LogP contribution >= 0.6 is 0 Å². The Hall–Kier alpha value is -1.46. The monoisotopic (exact) mass is 278 g/mol. The third-order valence-corrected chi connectivity index (χ3v) is 3.85. The molecular weight excluding hydrogens is 256 g/mol. The van der Waals surface area contributed by atoms with Crippen LogP contribution in [-0.4, -0.2) is 37.9 Å². The second-order valence-electron chi connectivity index (χ2n) is 5.27. The van der Waals surface area contributed by atoms with Gasteiger partial charge in [-0.05, 0) is 38.4 Å². The molecule has 1 aromatic carbocycles. The molecule has 0 amide bonds. The van der Waals surface area contributed by atoms with Gasteiger partial charge in [0.25, 0.3) is 0 Å². The van der Waals surface area contributed by atoms with Crippen molar-refractivity contribution in [3.63, 3.8) is 0 Å². The summed E-state index contributed by atoms with van der Waals surface area (Å²) in [5.74, 6) is 2.32.